The van der Waals surface area contributed by atoms with Crippen molar-refractivity contribution in [2.24, 2.45) is 0 Å². The van der Waals surface area contributed by atoms with E-state index in [2.05, 4.69) is 31.2 Å². The molecule has 0 N–H and O–H groups in total. The Hall–Kier alpha value is -0.850. The Bertz CT molecular complexity index is 192. The second-order valence-corrected chi connectivity index (χ2v) is 4.13. The van der Waals surface area contributed by atoms with Crippen molar-refractivity contribution in [1.82, 2.24) is 0 Å². The summed E-state index contributed by atoms with van der Waals surface area (Å²) in [4.78, 5) is 10.1. The lowest BCUT2D eigenvalue weighted by atomic mass is 10.1. The van der Waals surface area contributed by atoms with E-state index < -0.39 is 0 Å². The van der Waals surface area contributed by atoms with Gasteiger partial charge < -0.3 is 4.79 Å². The van der Waals surface area contributed by atoms with Crippen LogP contribution in [0.1, 0.15) is 64.7 Å². The molecule has 0 radical (unpaired) electrons. The Morgan fingerprint density at radius 3 is 1.94 bits per heavy atom. The van der Waals surface area contributed by atoms with Crippen LogP contribution in [0.25, 0.3) is 0 Å². The second-order valence-electron chi connectivity index (χ2n) is 4.13. The summed E-state index contributed by atoms with van der Waals surface area (Å²) >= 11 is 0. The van der Waals surface area contributed by atoms with Crippen molar-refractivity contribution in [2.75, 3.05) is 0 Å². The molecule has 0 saturated carbocycles. The molecule has 0 heterocycles. The molecule has 1 nitrogen and oxygen atoms in total. The maximum absolute atomic E-state index is 10.1. The van der Waals surface area contributed by atoms with Crippen LogP contribution in [0.4, 0.5) is 0 Å². The highest BCUT2D eigenvalue weighted by atomic mass is 16.1. The number of aldehydes is 1. The summed E-state index contributed by atoms with van der Waals surface area (Å²) in [7, 11) is 0. The number of carbonyl (C=O) groups excluding carboxylic acids is 1. The summed E-state index contributed by atoms with van der Waals surface area (Å²) in [6, 6.07) is 0. The fourth-order valence-electron chi connectivity index (χ4n) is 1.59. The maximum atomic E-state index is 10.1. The molecule has 92 valence electrons. The number of rotatable bonds is 11. The molecule has 0 unspecified atom stereocenters. The SMILES string of the molecule is CC/C=C/C=C\CCCCCCCCC=O. The molecule has 0 aromatic carbocycles. The smallest absolute Gasteiger partial charge is 0.119 e. The monoisotopic (exact) mass is 222 g/mol. The minimum Gasteiger partial charge on any atom is -0.303 e. The Kier molecular flexibility index (Phi) is 13.4. The molecule has 0 aliphatic carbocycles. The molecule has 16 heavy (non-hydrogen) atoms. The predicted molar refractivity (Wildman–Crippen MR) is 71.6 cm³/mol. The van der Waals surface area contributed by atoms with Crippen LogP contribution >= 0.6 is 0 Å². The van der Waals surface area contributed by atoms with Crippen LogP contribution in [0.3, 0.4) is 0 Å². The van der Waals surface area contributed by atoms with Gasteiger partial charge in [0.15, 0.2) is 0 Å². The molecule has 0 bridgehead atoms. The highest BCUT2D eigenvalue weighted by Gasteiger charge is 1.89. The summed E-state index contributed by atoms with van der Waals surface area (Å²) < 4.78 is 0. The molecule has 0 aliphatic heterocycles. The van der Waals surface area contributed by atoms with Crippen LogP contribution in [-0.4, -0.2) is 6.29 Å². The lowest BCUT2D eigenvalue weighted by molar-refractivity contribution is -0.107. The van der Waals surface area contributed by atoms with E-state index in [4.69, 9.17) is 0 Å². The van der Waals surface area contributed by atoms with Gasteiger partial charge in [-0.1, -0.05) is 56.9 Å². The topological polar surface area (TPSA) is 17.1 Å². The lowest BCUT2D eigenvalue weighted by Crippen LogP contribution is -1.80. The molecule has 1 heteroatoms. The first kappa shape index (κ1) is 15.2. The zero-order chi connectivity index (χ0) is 11.9. The Balaban J connectivity index is 3.06. The molecule has 0 amide bonds. The average molecular weight is 222 g/mol. The van der Waals surface area contributed by atoms with Crippen molar-refractivity contribution < 1.29 is 4.79 Å². The van der Waals surface area contributed by atoms with E-state index in [9.17, 15) is 4.79 Å². The van der Waals surface area contributed by atoms with Crippen molar-refractivity contribution >= 4 is 6.29 Å². The third kappa shape index (κ3) is 13.2. The van der Waals surface area contributed by atoms with E-state index in [-0.39, 0.29) is 0 Å². The zero-order valence-electron chi connectivity index (χ0n) is 10.7. The van der Waals surface area contributed by atoms with Crippen LogP contribution in [0.5, 0.6) is 0 Å². The van der Waals surface area contributed by atoms with Crippen LogP contribution in [-0.2, 0) is 4.79 Å². The number of hydrogen-bond acceptors (Lipinski definition) is 1. The van der Waals surface area contributed by atoms with Gasteiger partial charge in [0.05, 0.1) is 0 Å². The maximum Gasteiger partial charge on any atom is 0.119 e. The number of allylic oxidation sites excluding steroid dienone is 4. The van der Waals surface area contributed by atoms with Gasteiger partial charge in [0, 0.05) is 6.42 Å². The molecule has 0 atom stereocenters. The van der Waals surface area contributed by atoms with Crippen LogP contribution in [0, 0.1) is 0 Å². The summed E-state index contributed by atoms with van der Waals surface area (Å²) in [6.45, 7) is 2.15. The first-order valence-electron chi connectivity index (χ1n) is 6.67. The van der Waals surface area contributed by atoms with Crippen molar-refractivity contribution in [3.63, 3.8) is 0 Å². The summed E-state index contributed by atoms with van der Waals surface area (Å²) in [6.07, 6.45) is 20.3. The third-order valence-corrected chi connectivity index (χ3v) is 2.56. The standard InChI is InChI=1S/C15H26O/c1-2-3-4-5-6-7-8-9-10-11-12-13-14-15-16/h3-6,15H,2,7-14H2,1H3/b4-3+,6-5-. The highest BCUT2D eigenvalue weighted by molar-refractivity contribution is 5.48. The highest BCUT2D eigenvalue weighted by Crippen LogP contribution is 2.08. The minimum atomic E-state index is 0.743. The summed E-state index contributed by atoms with van der Waals surface area (Å²) in [5.41, 5.74) is 0. The van der Waals surface area contributed by atoms with E-state index in [1.807, 2.05) is 0 Å². The van der Waals surface area contributed by atoms with E-state index in [0.29, 0.717) is 0 Å². The molecule has 0 spiro atoms. The Labute approximate surface area is 101 Å². The quantitative estimate of drug-likeness (QED) is 0.278. The van der Waals surface area contributed by atoms with Crippen LogP contribution in [0.15, 0.2) is 24.3 Å². The fraction of sp³-hybridized carbons (Fsp3) is 0.667. The fourth-order valence-corrected chi connectivity index (χ4v) is 1.59. The van der Waals surface area contributed by atoms with Crippen molar-refractivity contribution in [3.05, 3.63) is 24.3 Å². The Morgan fingerprint density at radius 1 is 0.750 bits per heavy atom. The number of hydrogen-bond donors (Lipinski definition) is 0. The van der Waals surface area contributed by atoms with Gasteiger partial charge in [0.25, 0.3) is 0 Å². The van der Waals surface area contributed by atoms with Crippen LogP contribution in [0.2, 0.25) is 0 Å². The van der Waals surface area contributed by atoms with Gasteiger partial charge in [0.2, 0.25) is 0 Å². The van der Waals surface area contributed by atoms with Crippen molar-refractivity contribution in [1.29, 1.82) is 0 Å². The molecule has 0 aliphatic rings. The average Bonchev–Trinajstić information content (AvgIpc) is 2.31. The van der Waals surface area contributed by atoms with Gasteiger partial charge >= 0.3 is 0 Å². The van der Waals surface area contributed by atoms with E-state index >= 15 is 0 Å². The molecule has 0 fully saturated rings. The normalized spacial score (nSPS) is 11.6. The van der Waals surface area contributed by atoms with Crippen LogP contribution < -0.4 is 0 Å². The second kappa shape index (κ2) is 14.2. The summed E-state index contributed by atoms with van der Waals surface area (Å²) in [5, 5.41) is 0. The van der Waals surface area contributed by atoms with Gasteiger partial charge in [-0.3, -0.25) is 0 Å². The van der Waals surface area contributed by atoms with Crippen molar-refractivity contribution in [3.8, 4) is 0 Å². The van der Waals surface area contributed by atoms with Gasteiger partial charge in [-0.15, -0.1) is 0 Å². The Morgan fingerprint density at radius 2 is 1.31 bits per heavy atom. The molecule has 0 aromatic rings. The van der Waals surface area contributed by atoms with E-state index in [0.717, 1.165) is 25.5 Å². The molecule has 0 saturated heterocycles. The minimum absolute atomic E-state index is 0.743. The molecule has 0 rings (SSSR count). The molecular weight excluding hydrogens is 196 g/mol. The van der Waals surface area contributed by atoms with E-state index in [1.165, 1.54) is 38.5 Å². The van der Waals surface area contributed by atoms with Gasteiger partial charge in [0.1, 0.15) is 6.29 Å². The molecular formula is C15H26O. The van der Waals surface area contributed by atoms with Crippen molar-refractivity contribution in [2.45, 2.75) is 64.7 Å². The number of carbonyl (C=O) groups is 1. The predicted octanol–water partition coefficient (Wildman–Crippen LogP) is 4.83. The first-order chi connectivity index (χ1) is 7.91. The lowest BCUT2D eigenvalue weighted by Gasteiger charge is -1.98. The van der Waals surface area contributed by atoms with Gasteiger partial charge in [-0.05, 0) is 25.7 Å². The molecule has 0 aromatic heterocycles. The van der Waals surface area contributed by atoms with E-state index in [1.54, 1.807) is 0 Å². The number of unbranched alkanes of at least 4 members (excludes halogenated alkanes) is 7. The third-order valence-electron chi connectivity index (χ3n) is 2.56. The van der Waals surface area contributed by atoms with Gasteiger partial charge in [-0.25, -0.2) is 0 Å². The van der Waals surface area contributed by atoms with Gasteiger partial charge in [-0.2, -0.15) is 0 Å². The largest absolute Gasteiger partial charge is 0.303 e. The zero-order valence-corrected chi connectivity index (χ0v) is 10.7. The first-order valence-corrected chi connectivity index (χ1v) is 6.67. The summed E-state index contributed by atoms with van der Waals surface area (Å²) in [5.74, 6) is 0.